The molecule has 3 aromatic rings. The predicted molar refractivity (Wildman–Crippen MR) is 126 cm³/mol. The maximum atomic E-state index is 12.8. The van der Waals surface area contributed by atoms with Gasteiger partial charge in [0, 0.05) is 12.0 Å². The van der Waals surface area contributed by atoms with Crippen LogP contribution in [0.5, 0.6) is 5.75 Å². The Labute approximate surface area is 188 Å². The number of benzene rings is 2. The normalized spacial score (nSPS) is 15.2. The highest BCUT2D eigenvalue weighted by Gasteiger charge is 2.25. The van der Waals surface area contributed by atoms with Gasteiger partial charge in [-0.2, -0.15) is 0 Å². The predicted octanol–water partition coefficient (Wildman–Crippen LogP) is 5.25. The molecule has 0 saturated heterocycles. The molecule has 5 heteroatoms. The van der Waals surface area contributed by atoms with E-state index in [1.54, 1.807) is 6.07 Å². The van der Waals surface area contributed by atoms with Crippen LogP contribution in [-0.2, 0) is 30.5 Å². The summed E-state index contributed by atoms with van der Waals surface area (Å²) < 4.78 is 0. The zero-order chi connectivity index (χ0) is 21.9. The zero-order valence-electron chi connectivity index (χ0n) is 18.3. The molecule has 2 aliphatic rings. The van der Waals surface area contributed by atoms with E-state index in [0.29, 0.717) is 24.6 Å². The smallest absolute Gasteiger partial charge is 0.225 e. The minimum Gasteiger partial charge on any atom is -0.508 e. The number of rotatable bonds is 6. The molecule has 0 unspecified atom stereocenters. The van der Waals surface area contributed by atoms with E-state index in [9.17, 15) is 9.90 Å². The number of phenolic OH excluding ortho intramolecular Hbond substituents is 1. The molecular weight excluding hydrogens is 398 g/mol. The molecule has 32 heavy (non-hydrogen) atoms. The average molecular weight is 428 g/mol. The van der Waals surface area contributed by atoms with Crippen LogP contribution >= 0.6 is 0 Å². The van der Waals surface area contributed by atoms with Crippen molar-refractivity contribution >= 4 is 11.7 Å². The fourth-order valence-electron chi connectivity index (χ4n) is 4.99. The largest absolute Gasteiger partial charge is 0.508 e. The van der Waals surface area contributed by atoms with Gasteiger partial charge in [-0.25, -0.2) is 9.97 Å². The number of fused-ring (bicyclic) bond motifs is 3. The molecule has 2 N–H and O–H groups in total. The van der Waals surface area contributed by atoms with E-state index in [1.807, 2.05) is 42.5 Å². The molecule has 164 valence electrons. The highest BCUT2D eigenvalue weighted by atomic mass is 16.3. The van der Waals surface area contributed by atoms with Crippen molar-refractivity contribution in [2.75, 3.05) is 5.32 Å². The molecule has 5 nitrogen and oxygen atoms in total. The van der Waals surface area contributed by atoms with Gasteiger partial charge in [0.15, 0.2) is 5.82 Å². The summed E-state index contributed by atoms with van der Waals surface area (Å²) in [4.78, 5) is 22.7. The number of aryl methyl sites for hydroxylation is 3. The maximum absolute atomic E-state index is 12.8. The van der Waals surface area contributed by atoms with Crippen molar-refractivity contribution in [2.24, 2.45) is 5.92 Å². The van der Waals surface area contributed by atoms with E-state index >= 15 is 0 Å². The van der Waals surface area contributed by atoms with Crippen molar-refractivity contribution in [3.8, 4) is 17.0 Å². The number of carbonyl (C=O) groups is 1. The Morgan fingerprint density at radius 2 is 1.84 bits per heavy atom. The molecule has 5 rings (SSSR count). The molecule has 1 aromatic heterocycles. The third kappa shape index (κ3) is 4.52. The Morgan fingerprint density at radius 3 is 2.66 bits per heavy atom. The van der Waals surface area contributed by atoms with E-state index < -0.39 is 0 Å². The number of amides is 1. The quantitative estimate of drug-likeness (QED) is 0.563. The summed E-state index contributed by atoms with van der Waals surface area (Å²) >= 11 is 0. The zero-order valence-corrected chi connectivity index (χ0v) is 18.3. The number of aromatic nitrogens is 2. The second kappa shape index (κ2) is 9.11. The van der Waals surface area contributed by atoms with E-state index in [0.717, 1.165) is 53.0 Å². The third-order valence-corrected chi connectivity index (χ3v) is 6.71. The monoisotopic (exact) mass is 427 g/mol. The third-order valence-electron chi connectivity index (χ3n) is 6.71. The first-order chi connectivity index (χ1) is 15.7. The minimum absolute atomic E-state index is 0.0168. The minimum atomic E-state index is -0.0168. The fraction of sp³-hybridized carbons (Fsp3) is 0.370. The van der Waals surface area contributed by atoms with Gasteiger partial charge in [0.05, 0.1) is 17.1 Å². The van der Waals surface area contributed by atoms with Crippen LogP contribution in [-0.4, -0.2) is 21.0 Å². The molecule has 1 fully saturated rings. The van der Waals surface area contributed by atoms with Crippen molar-refractivity contribution < 1.29 is 9.90 Å². The standard InChI is InChI=1S/C27H29N3O2/c31-21-12-13-22-20(17-21)11-14-23-26(22)28-24(16-19-8-4-5-9-19)27(29-23)30-25(32)15-10-18-6-2-1-3-7-18/h1-3,6-7,12-13,17,19,31H,4-5,8-11,14-16H2,(H,29,30,32). The Balaban J connectivity index is 1.42. The first kappa shape index (κ1) is 20.7. The molecule has 2 aromatic carbocycles. The van der Waals surface area contributed by atoms with Crippen molar-refractivity contribution in [3.63, 3.8) is 0 Å². The van der Waals surface area contributed by atoms with Crippen LogP contribution in [0, 0.1) is 5.92 Å². The average Bonchev–Trinajstić information content (AvgIpc) is 3.32. The summed E-state index contributed by atoms with van der Waals surface area (Å²) in [6, 6.07) is 15.6. The number of hydrogen-bond donors (Lipinski definition) is 2. The van der Waals surface area contributed by atoms with Gasteiger partial charge < -0.3 is 10.4 Å². The van der Waals surface area contributed by atoms with Crippen molar-refractivity contribution in [2.45, 2.75) is 57.8 Å². The molecule has 0 bridgehead atoms. The number of phenols is 1. The van der Waals surface area contributed by atoms with Crippen LogP contribution in [0.15, 0.2) is 48.5 Å². The van der Waals surface area contributed by atoms with Crippen LogP contribution in [0.1, 0.15) is 54.6 Å². The van der Waals surface area contributed by atoms with Crippen molar-refractivity contribution in [1.29, 1.82) is 0 Å². The first-order valence-corrected chi connectivity index (χ1v) is 11.7. The molecule has 0 radical (unpaired) electrons. The summed E-state index contributed by atoms with van der Waals surface area (Å²) in [5, 5.41) is 13.0. The molecule has 1 heterocycles. The highest BCUT2D eigenvalue weighted by Crippen LogP contribution is 2.36. The summed E-state index contributed by atoms with van der Waals surface area (Å²) in [5.74, 6) is 1.51. The molecule has 0 aliphatic heterocycles. The van der Waals surface area contributed by atoms with Crippen LogP contribution in [0.2, 0.25) is 0 Å². The summed E-state index contributed by atoms with van der Waals surface area (Å²) in [6.07, 6.45) is 8.52. The van der Waals surface area contributed by atoms with Gasteiger partial charge in [0.2, 0.25) is 5.91 Å². The Kier molecular flexibility index (Phi) is 5.89. The fourth-order valence-corrected chi connectivity index (χ4v) is 4.99. The molecule has 1 amide bonds. The van der Waals surface area contributed by atoms with Crippen LogP contribution in [0.25, 0.3) is 11.3 Å². The first-order valence-electron chi connectivity index (χ1n) is 11.7. The SMILES string of the molecule is O=C(CCc1ccccc1)Nc1nc2c(nc1CC1CCCC1)-c1ccc(O)cc1CC2. The van der Waals surface area contributed by atoms with Gasteiger partial charge in [0.25, 0.3) is 0 Å². The van der Waals surface area contributed by atoms with E-state index in [4.69, 9.17) is 9.97 Å². The van der Waals surface area contributed by atoms with Gasteiger partial charge in [-0.1, -0.05) is 56.0 Å². The molecular formula is C27H29N3O2. The van der Waals surface area contributed by atoms with Crippen molar-refractivity contribution in [3.05, 3.63) is 71.0 Å². The van der Waals surface area contributed by atoms with E-state index in [-0.39, 0.29) is 11.7 Å². The lowest BCUT2D eigenvalue weighted by molar-refractivity contribution is -0.116. The molecule has 2 aliphatic carbocycles. The number of anilines is 1. The van der Waals surface area contributed by atoms with Gasteiger partial charge in [0.1, 0.15) is 5.75 Å². The number of nitrogens with one attached hydrogen (secondary N) is 1. The number of nitrogens with zero attached hydrogens (tertiary/aromatic N) is 2. The number of hydrogen-bond acceptors (Lipinski definition) is 4. The highest BCUT2D eigenvalue weighted by molar-refractivity contribution is 5.90. The maximum Gasteiger partial charge on any atom is 0.225 e. The second-order valence-corrected chi connectivity index (χ2v) is 9.04. The molecule has 0 atom stereocenters. The Morgan fingerprint density at radius 1 is 1.03 bits per heavy atom. The Bertz CT molecular complexity index is 1120. The number of carbonyl (C=O) groups excluding carboxylic acids is 1. The second-order valence-electron chi connectivity index (χ2n) is 9.04. The summed E-state index contributed by atoms with van der Waals surface area (Å²) in [6.45, 7) is 0. The molecule has 1 saturated carbocycles. The lowest BCUT2D eigenvalue weighted by Crippen LogP contribution is -2.19. The lowest BCUT2D eigenvalue weighted by atomic mass is 9.91. The van der Waals surface area contributed by atoms with Gasteiger partial charge in [-0.15, -0.1) is 0 Å². The van der Waals surface area contributed by atoms with Crippen molar-refractivity contribution in [1.82, 2.24) is 9.97 Å². The van der Waals surface area contributed by atoms with Gasteiger partial charge in [-0.3, -0.25) is 4.79 Å². The van der Waals surface area contributed by atoms with Crippen LogP contribution < -0.4 is 5.32 Å². The van der Waals surface area contributed by atoms with E-state index in [1.165, 1.54) is 25.7 Å². The molecule has 0 spiro atoms. The van der Waals surface area contributed by atoms with E-state index in [2.05, 4.69) is 5.32 Å². The van der Waals surface area contributed by atoms with Crippen LogP contribution in [0.4, 0.5) is 5.82 Å². The number of aromatic hydroxyl groups is 1. The van der Waals surface area contributed by atoms with Gasteiger partial charge in [-0.05, 0) is 60.9 Å². The Hall–Kier alpha value is -3.21. The topological polar surface area (TPSA) is 75.1 Å². The van der Waals surface area contributed by atoms with Gasteiger partial charge >= 0.3 is 0 Å². The van der Waals surface area contributed by atoms with Crippen LogP contribution in [0.3, 0.4) is 0 Å². The lowest BCUT2D eigenvalue weighted by Gasteiger charge is -2.22. The summed E-state index contributed by atoms with van der Waals surface area (Å²) in [5.41, 5.74) is 6.04. The summed E-state index contributed by atoms with van der Waals surface area (Å²) in [7, 11) is 0.